The van der Waals surface area contributed by atoms with Crippen molar-refractivity contribution in [3.63, 3.8) is 0 Å². The monoisotopic (exact) mass is 552 g/mol. The summed E-state index contributed by atoms with van der Waals surface area (Å²) in [7, 11) is 4.16. The molecular weight excluding hydrogens is 516 g/mol. The highest BCUT2D eigenvalue weighted by Crippen LogP contribution is 2.26. The fraction of sp³-hybridized carbons (Fsp3) is 0.355. The fourth-order valence-corrected chi connectivity index (χ4v) is 5.17. The molecule has 1 aliphatic rings. The van der Waals surface area contributed by atoms with Gasteiger partial charge in [-0.2, -0.15) is 4.98 Å². The summed E-state index contributed by atoms with van der Waals surface area (Å²) in [5, 5.41) is 4.91. The minimum atomic E-state index is -0.576. The summed E-state index contributed by atoms with van der Waals surface area (Å²) in [6.07, 6.45) is 9.58. The number of anilines is 2. The molecule has 5 heterocycles. The standard InChI is InChI=1S/C31H36N8O2/c1-31(2)26-10-9-11-27(34-26)39-28-24(29(40)38(39)15-7-5-6-8-19-41-31)21-32-30(35-28)33-23-12-13-25-22(20-23)14-16-37(25)18-17-36(3)4/h5,7,9-14,16,20-21H,6,8,15,17-19H2,1-4H3,(H,32,33,35)/b7-5+. The van der Waals surface area contributed by atoms with Crippen molar-refractivity contribution in [2.24, 2.45) is 0 Å². The fourth-order valence-electron chi connectivity index (χ4n) is 5.17. The van der Waals surface area contributed by atoms with Crippen LogP contribution >= 0.6 is 0 Å². The quantitative estimate of drug-likeness (QED) is 0.312. The van der Waals surface area contributed by atoms with Crippen molar-refractivity contribution >= 4 is 33.6 Å². The predicted octanol–water partition coefficient (Wildman–Crippen LogP) is 4.84. The minimum absolute atomic E-state index is 0.158. The Bertz CT molecular complexity index is 1790. The average Bonchev–Trinajstić information content (AvgIpc) is 3.48. The van der Waals surface area contributed by atoms with E-state index < -0.39 is 5.60 Å². The Morgan fingerprint density at radius 3 is 2.83 bits per heavy atom. The molecule has 6 rings (SSSR count). The maximum atomic E-state index is 13.5. The second kappa shape index (κ2) is 10.9. The Labute approximate surface area is 238 Å². The summed E-state index contributed by atoms with van der Waals surface area (Å²) < 4.78 is 11.9. The Morgan fingerprint density at radius 1 is 1.10 bits per heavy atom. The summed E-state index contributed by atoms with van der Waals surface area (Å²) in [6, 6.07) is 14.1. The summed E-state index contributed by atoms with van der Waals surface area (Å²) in [6.45, 7) is 6.96. The molecule has 10 heteroatoms. The van der Waals surface area contributed by atoms with Crippen LogP contribution in [0.5, 0.6) is 0 Å². The van der Waals surface area contributed by atoms with Gasteiger partial charge in [0.2, 0.25) is 5.95 Å². The van der Waals surface area contributed by atoms with Crippen LogP contribution in [0.25, 0.3) is 27.8 Å². The molecule has 2 bridgehead atoms. The number of ether oxygens (including phenoxy) is 1. The predicted molar refractivity (Wildman–Crippen MR) is 162 cm³/mol. The summed E-state index contributed by atoms with van der Waals surface area (Å²) in [4.78, 5) is 30.0. The van der Waals surface area contributed by atoms with Crippen molar-refractivity contribution in [1.29, 1.82) is 0 Å². The molecule has 1 aliphatic heterocycles. The van der Waals surface area contributed by atoms with Crippen LogP contribution in [0.4, 0.5) is 11.6 Å². The van der Waals surface area contributed by atoms with Gasteiger partial charge in [0, 0.05) is 48.7 Å². The maximum Gasteiger partial charge on any atom is 0.278 e. The first-order chi connectivity index (χ1) is 19.8. The lowest BCUT2D eigenvalue weighted by molar-refractivity contribution is -0.0255. The molecule has 0 amide bonds. The summed E-state index contributed by atoms with van der Waals surface area (Å²) >= 11 is 0. The van der Waals surface area contributed by atoms with Gasteiger partial charge in [-0.05, 0) is 77.2 Å². The molecule has 0 radical (unpaired) electrons. The zero-order valence-corrected chi connectivity index (χ0v) is 24.0. The van der Waals surface area contributed by atoms with Crippen molar-refractivity contribution in [2.45, 2.75) is 45.4 Å². The van der Waals surface area contributed by atoms with Crippen LogP contribution < -0.4 is 10.9 Å². The Balaban J connectivity index is 1.40. The van der Waals surface area contributed by atoms with E-state index in [0.29, 0.717) is 36.0 Å². The third kappa shape index (κ3) is 5.40. The lowest BCUT2D eigenvalue weighted by Gasteiger charge is -2.25. The molecule has 4 aromatic heterocycles. The first kappa shape index (κ1) is 26.9. The van der Waals surface area contributed by atoms with E-state index >= 15 is 0 Å². The third-order valence-electron chi connectivity index (χ3n) is 7.48. The van der Waals surface area contributed by atoms with Crippen molar-refractivity contribution in [2.75, 3.05) is 32.6 Å². The number of hydrogen-bond acceptors (Lipinski definition) is 7. The number of benzene rings is 1. The molecule has 1 N–H and O–H groups in total. The lowest BCUT2D eigenvalue weighted by Crippen LogP contribution is -2.26. The van der Waals surface area contributed by atoms with Crippen LogP contribution in [0.2, 0.25) is 0 Å². The van der Waals surface area contributed by atoms with Crippen LogP contribution in [0.15, 0.2) is 71.8 Å². The third-order valence-corrected chi connectivity index (χ3v) is 7.48. The van der Waals surface area contributed by atoms with Crippen LogP contribution in [-0.4, -0.2) is 61.0 Å². The van der Waals surface area contributed by atoms with Crippen molar-refractivity contribution in [3.05, 3.63) is 83.1 Å². The molecule has 0 saturated carbocycles. The highest BCUT2D eigenvalue weighted by atomic mass is 16.5. The molecule has 0 saturated heterocycles. The van der Waals surface area contributed by atoms with Gasteiger partial charge in [-0.25, -0.2) is 19.3 Å². The summed E-state index contributed by atoms with van der Waals surface area (Å²) in [5.41, 5.74) is 2.60. The smallest absolute Gasteiger partial charge is 0.278 e. The molecule has 212 valence electrons. The van der Waals surface area contributed by atoms with Crippen LogP contribution in [0.3, 0.4) is 0 Å². The molecule has 1 aromatic carbocycles. The van der Waals surface area contributed by atoms with E-state index in [1.807, 2.05) is 44.2 Å². The number of hydrogen-bond donors (Lipinski definition) is 1. The maximum absolute atomic E-state index is 13.5. The largest absolute Gasteiger partial charge is 0.369 e. The number of likely N-dealkylation sites (N-methyl/N-ethyl adjacent to an activating group) is 1. The Hall–Kier alpha value is -4.28. The number of allylic oxidation sites excluding steroid dienone is 2. The van der Waals surface area contributed by atoms with Gasteiger partial charge in [0.1, 0.15) is 11.0 Å². The zero-order valence-electron chi connectivity index (χ0n) is 24.0. The second-order valence-corrected chi connectivity index (χ2v) is 11.2. The number of pyridine rings is 1. The first-order valence-electron chi connectivity index (χ1n) is 14.1. The molecule has 0 aliphatic carbocycles. The van der Waals surface area contributed by atoms with E-state index in [4.69, 9.17) is 14.7 Å². The van der Waals surface area contributed by atoms with E-state index in [1.165, 1.54) is 5.52 Å². The van der Waals surface area contributed by atoms with Gasteiger partial charge < -0.3 is 19.5 Å². The number of fused-ring (bicyclic) bond motifs is 7. The molecular formula is C31H36N8O2. The molecule has 0 unspecified atom stereocenters. The van der Waals surface area contributed by atoms with Gasteiger partial charge in [0.05, 0.1) is 12.2 Å². The summed E-state index contributed by atoms with van der Waals surface area (Å²) in [5.74, 6) is 1.01. The topological polar surface area (TPSA) is 95.0 Å². The zero-order chi connectivity index (χ0) is 28.6. The van der Waals surface area contributed by atoms with Gasteiger partial charge in [0.25, 0.3) is 5.56 Å². The molecule has 10 nitrogen and oxygen atoms in total. The number of nitrogens with zero attached hydrogens (tertiary/aromatic N) is 7. The molecule has 0 atom stereocenters. The highest BCUT2D eigenvalue weighted by Gasteiger charge is 2.25. The van der Waals surface area contributed by atoms with E-state index in [2.05, 4.69) is 64.3 Å². The van der Waals surface area contributed by atoms with Crippen LogP contribution in [-0.2, 0) is 23.4 Å². The van der Waals surface area contributed by atoms with Gasteiger partial charge in [-0.3, -0.25) is 4.79 Å². The van der Waals surface area contributed by atoms with Crippen LogP contribution in [0.1, 0.15) is 32.4 Å². The Kier molecular flexibility index (Phi) is 7.19. The molecule has 41 heavy (non-hydrogen) atoms. The van der Waals surface area contributed by atoms with Gasteiger partial charge >= 0.3 is 0 Å². The number of aromatic nitrogens is 6. The van der Waals surface area contributed by atoms with E-state index in [9.17, 15) is 4.79 Å². The molecule has 5 aromatic rings. The van der Waals surface area contributed by atoms with Gasteiger partial charge in [0.15, 0.2) is 11.5 Å². The lowest BCUT2D eigenvalue weighted by atomic mass is 10.0. The van der Waals surface area contributed by atoms with Gasteiger partial charge in [-0.15, -0.1) is 0 Å². The van der Waals surface area contributed by atoms with Crippen molar-refractivity contribution < 1.29 is 4.74 Å². The normalized spacial score (nSPS) is 16.2. The van der Waals surface area contributed by atoms with E-state index in [-0.39, 0.29) is 5.56 Å². The minimum Gasteiger partial charge on any atom is -0.369 e. The van der Waals surface area contributed by atoms with Crippen LogP contribution in [0, 0.1) is 0 Å². The molecule has 0 fully saturated rings. The average molecular weight is 553 g/mol. The SMILES string of the molecule is CN(C)CCn1ccc2cc(Nc3ncc4c(=O)n5n(c4n3)-c3cccc(n3)C(C)(C)OCCC/C=C/C5)ccc21. The van der Waals surface area contributed by atoms with Gasteiger partial charge in [-0.1, -0.05) is 18.2 Å². The Morgan fingerprint density at radius 2 is 1.98 bits per heavy atom. The van der Waals surface area contributed by atoms with E-state index in [1.54, 1.807) is 15.6 Å². The van der Waals surface area contributed by atoms with Crippen molar-refractivity contribution in [1.82, 2.24) is 33.8 Å². The highest BCUT2D eigenvalue weighted by molar-refractivity contribution is 5.85. The van der Waals surface area contributed by atoms with E-state index in [0.717, 1.165) is 42.7 Å². The molecule has 0 spiro atoms. The first-order valence-corrected chi connectivity index (χ1v) is 14.1. The second-order valence-electron chi connectivity index (χ2n) is 11.2. The number of rotatable bonds is 5. The number of nitrogens with one attached hydrogen (secondary N) is 1. The van der Waals surface area contributed by atoms with Crippen molar-refractivity contribution in [3.8, 4) is 5.82 Å².